The highest BCUT2D eigenvalue weighted by Gasteiger charge is 2.17. The van der Waals surface area contributed by atoms with Gasteiger partial charge in [-0.1, -0.05) is 12.1 Å². The van der Waals surface area contributed by atoms with Crippen LogP contribution in [0.25, 0.3) is 10.8 Å². The molecule has 0 aliphatic heterocycles. The van der Waals surface area contributed by atoms with E-state index in [9.17, 15) is 9.90 Å². The van der Waals surface area contributed by atoms with Crippen LogP contribution in [0.15, 0.2) is 36.4 Å². The average Bonchev–Trinajstić information content (AvgIpc) is 2.25. The van der Waals surface area contributed by atoms with Crippen LogP contribution in [0.3, 0.4) is 0 Å². The molecule has 0 aromatic heterocycles. The first-order valence-electron chi connectivity index (χ1n) is 5.81. The van der Waals surface area contributed by atoms with Crippen molar-refractivity contribution in [2.45, 2.75) is 26.4 Å². The summed E-state index contributed by atoms with van der Waals surface area (Å²) in [6.45, 7) is 5.49. The van der Waals surface area contributed by atoms with Crippen LogP contribution in [0, 0.1) is 0 Å². The molecule has 0 spiro atoms. The summed E-state index contributed by atoms with van der Waals surface area (Å²) < 4.78 is 5.30. The molecule has 0 saturated carbocycles. The van der Waals surface area contributed by atoms with E-state index >= 15 is 0 Å². The number of phenolic OH excluding ortho intramolecular Hbond substituents is 1. The molecule has 2 aromatic rings. The molecule has 0 unspecified atom stereocenters. The molecule has 3 nitrogen and oxygen atoms in total. The molecular formula is C15H16O3. The summed E-state index contributed by atoms with van der Waals surface area (Å²) in [5.41, 5.74) is -0.0201. The van der Waals surface area contributed by atoms with Gasteiger partial charge in [-0.15, -0.1) is 0 Å². The zero-order chi connectivity index (χ0) is 13.3. The van der Waals surface area contributed by atoms with Gasteiger partial charge in [-0.2, -0.15) is 0 Å². The molecule has 0 radical (unpaired) electrons. The van der Waals surface area contributed by atoms with E-state index in [-0.39, 0.29) is 11.7 Å². The fraction of sp³-hybridized carbons (Fsp3) is 0.267. The second-order valence-electron chi connectivity index (χ2n) is 5.25. The van der Waals surface area contributed by atoms with Gasteiger partial charge in [0.25, 0.3) is 0 Å². The van der Waals surface area contributed by atoms with Crippen molar-refractivity contribution in [2.24, 2.45) is 0 Å². The number of rotatable bonds is 1. The van der Waals surface area contributed by atoms with Crippen LogP contribution in [0.4, 0.5) is 0 Å². The first-order chi connectivity index (χ1) is 8.35. The van der Waals surface area contributed by atoms with E-state index in [2.05, 4.69) is 0 Å². The average molecular weight is 244 g/mol. The van der Waals surface area contributed by atoms with E-state index in [4.69, 9.17) is 4.74 Å². The number of carbonyl (C=O) groups excluding carboxylic acids is 1. The normalized spacial score (nSPS) is 11.5. The van der Waals surface area contributed by atoms with Crippen LogP contribution < -0.4 is 0 Å². The topological polar surface area (TPSA) is 46.5 Å². The van der Waals surface area contributed by atoms with Crippen molar-refractivity contribution in [1.29, 1.82) is 0 Å². The molecule has 3 heteroatoms. The van der Waals surface area contributed by atoms with Gasteiger partial charge in [-0.3, -0.25) is 0 Å². The van der Waals surface area contributed by atoms with E-state index in [1.807, 2.05) is 32.9 Å². The molecule has 0 aliphatic carbocycles. The third kappa shape index (κ3) is 2.80. The number of hydrogen-bond donors (Lipinski definition) is 1. The number of esters is 1. The lowest BCUT2D eigenvalue weighted by molar-refractivity contribution is 0.00697. The molecule has 1 N–H and O–H groups in total. The second kappa shape index (κ2) is 4.33. The molecule has 2 aromatic carbocycles. The molecular weight excluding hydrogens is 228 g/mol. The SMILES string of the molecule is CC(C)(C)OC(=O)c1ccc2ccc(O)cc2c1. The van der Waals surface area contributed by atoms with Crippen molar-refractivity contribution in [3.63, 3.8) is 0 Å². The van der Waals surface area contributed by atoms with Gasteiger partial charge in [0, 0.05) is 0 Å². The van der Waals surface area contributed by atoms with Crippen molar-refractivity contribution < 1.29 is 14.6 Å². The number of benzene rings is 2. The van der Waals surface area contributed by atoms with Gasteiger partial charge in [-0.05, 0) is 55.8 Å². The number of phenols is 1. The lowest BCUT2D eigenvalue weighted by Crippen LogP contribution is -2.23. The van der Waals surface area contributed by atoms with Gasteiger partial charge in [-0.25, -0.2) is 4.79 Å². The van der Waals surface area contributed by atoms with Crippen LogP contribution in [0.2, 0.25) is 0 Å². The predicted octanol–water partition coefficient (Wildman–Crippen LogP) is 3.50. The molecule has 18 heavy (non-hydrogen) atoms. The minimum atomic E-state index is -0.509. The summed E-state index contributed by atoms with van der Waals surface area (Å²) >= 11 is 0. The van der Waals surface area contributed by atoms with Crippen molar-refractivity contribution in [3.8, 4) is 5.75 Å². The molecule has 0 fully saturated rings. The van der Waals surface area contributed by atoms with Crippen LogP contribution in [0.1, 0.15) is 31.1 Å². The quantitative estimate of drug-likeness (QED) is 0.781. The second-order valence-corrected chi connectivity index (χ2v) is 5.25. The van der Waals surface area contributed by atoms with Gasteiger partial charge in [0.1, 0.15) is 11.4 Å². The Morgan fingerprint density at radius 3 is 2.39 bits per heavy atom. The van der Waals surface area contributed by atoms with Crippen LogP contribution in [-0.4, -0.2) is 16.7 Å². The molecule has 0 aliphatic rings. The van der Waals surface area contributed by atoms with Crippen LogP contribution in [-0.2, 0) is 4.74 Å². The smallest absolute Gasteiger partial charge is 0.338 e. The van der Waals surface area contributed by atoms with E-state index in [1.165, 1.54) is 0 Å². The van der Waals surface area contributed by atoms with Gasteiger partial charge in [0.2, 0.25) is 0 Å². The Morgan fingerprint density at radius 1 is 1.06 bits per heavy atom. The number of hydrogen-bond acceptors (Lipinski definition) is 3. The monoisotopic (exact) mass is 244 g/mol. The van der Waals surface area contributed by atoms with Crippen molar-refractivity contribution in [2.75, 3.05) is 0 Å². The summed E-state index contributed by atoms with van der Waals surface area (Å²) in [7, 11) is 0. The third-order valence-corrected chi connectivity index (χ3v) is 2.46. The first-order valence-corrected chi connectivity index (χ1v) is 5.81. The number of carbonyl (C=O) groups is 1. The predicted molar refractivity (Wildman–Crippen MR) is 70.8 cm³/mol. The molecule has 0 amide bonds. The summed E-state index contributed by atoms with van der Waals surface area (Å²) in [6, 6.07) is 10.4. The lowest BCUT2D eigenvalue weighted by atomic mass is 10.1. The van der Waals surface area contributed by atoms with E-state index in [1.54, 1.807) is 24.3 Å². The molecule has 0 saturated heterocycles. The van der Waals surface area contributed by atoms with Crippen molar-refractivity contribution in [3.05, 3.63) is 42.0 Å². The van der Waals surface area contributed by atoms with E-state index in [0.717, 1.165) is 10.8 Å². The highest BCUT2D eigenvalue weighted by molar-refractivity contribution is 5.95. The van der Waals surface area contributed by atoms with Crippen molar-refractivity contribution in [1.82, 2.24) is 0 Å². The Kier molecular flexibility index (Phi) is 2.99. The Balaban J connectivity index is 2.37. The minimum absolute atomic E-state index is 0.184. The van der Waals surface area contributed by atoms with Crippen LogP contribution >= 0.6 is 0 Å². The largest absolute Gasteiger partial charge is 0.508 e. The maximum Gasteiger partial charge on any atom is 0.338 e. The maximum atomic E-state index is 11.9. The molecule has 0 atom stereocenters. The Bertz CT molecular complexity index is 594. The summed E-state index contributed by atoms with van der Waals surface area (Å²) in [5.74, 6) is -0.170. The van der Waals surface area contributed by atoms with Crippen LogP contribution in [0.5, 0.6) is 5.75 Å². The standard InChI is InChI=1S/C15H16O3/c1-15(2,3)18-14(17)11-5-4-10-6-7-13(16)9-12(10)8-11/h4-9,16H,1-3H3. The fourth-order valence-electron chi connectivity index (χ4n) is 1.70. The third-order valence-electron chi connectivity index (χ3n) is 2.46. The van der Waals surface area contributed by atoms with Gasteiger partial charge < -0.3 is 9.84 Å². The Hall–Kier alpha value is -2.03. The number of ether oxygens (including phenoxy) is 1. The zero-order valence-electron chi connectivity index (χ0n) is 10.7. The van der Waals surface area contributed by atoms with Gasteiger partial charge in [0.15, 0.2) is 0 Å². The van der Waals surface area contributed by atoms with Crippen molar-refractivity contribution >= 4 is 16.7 Å². The zero-order valence-corrected chi connectivity index (χ0v) is 10.7. The summed E-state index contributed by atoms with van der Waals surface area (Å²) in [6.07, 6.45) is 0. The van der Waals surface area contributed by atoms with E-state index < -0.39 is 5.60 Å². The van der Waals surface area contributed by atoms with Gasteiger partial charge in [0.05, 0.1) is 5.56 Å². The van der Waals surface area contributed by atoms with E-state index in [0.29, 0.717) is 5.56 Å². The molecule has 0 bridgehead atoms. The minimum Gasteiger partial charge on any atom is -0.508 e. The number of aromatic hydroxyl groups is 1. The first kappa shape index (κ1) is 12.4. The molecule has 0 heterocycles. The highest BCUT2D eigenvalue weighted by atomic mass is 16.6. The maximum absolute atomic E-state index is 11.9. The number of fused-ring (bicyclic) bond motifs is 1. The molecule has 94 valence electrons. The fourth-order valence-corrected chi connectivity index (χ4v) is 1.70. The lowest BCUT2D eigenvalue weighted by Gasteiger charge is -2.19. The Morgan fingerprint density at radius 2 is 1.72 bits per heavy atom. The molecule has 2 rings (SSSR count). The summed E-state index contributed by atoms with van der Waals surface area (Å²) in [5, 5.41) is 11.2. The summed E-state index contributed by atoms with van der Waals surface area (Å²) in [4.78, 5) is 11.9. The highest BCUT2D eigenvalue weighted by Crippen LogP contribution is 2.22. The Labute approximate surface area is 106 Å². The van der Waals surface area contributed by atoms with Gasteiger partial charge >= 0.3 is 5.97 Å².